The minimum absolute atomic E-state index is 0.00430. The fourth-order valence-corrected chi connectivity index (χ4v) is 0.917. The first-order valence-electron chi connectivity index (χ1n) is 6.62. The van der Waals surface area contributed by atoms with E-state index in [-0.39, 0.29) is 17.1 Å². The quantitative estimate of drug-likeness (QED) is 0.696. The molecule has 0 fully saturated rings. The number of hydrogen-bond acceptors (Lipinski definition) is 4. The van der Waals surface area contributed by atoms with Crippen molar-refractivity contribution in [3.8, 4) is 11.5 Å². The van der Waals surface area contributed by atoms with Gasteiger partial charge in [0.25, 0.3) is 0 Å². The van der Waals surface area contributed by atoms with Crippen LogP contribution in [-0.2, 0) is 4.74 Å². The highest BCUT2D eigenvalue weighted by Gasteiger charge is 2.09. The van der Waals surface area contributed by atoms with Gasteiger partial charge in [0.05, 0.1) is 35.0 Å². The molecule has 0 aliphatic heterocycles. The molecule has 1 rings (SSSR count). The molecule has 0 aliphatic carbocycles. The molecule has 0 N–H and O–H groups in total. The van der Waals surface area contributed by atoms with Crippen LogP contribution in [0, 0.1) is 0 Å². The molecule has 0 aliphatic rings. The zero-order chi connectivity index (χ0) is 15.6. The number of benzene rings is 1. The fourth-order valence-electron chi connectivity index (χ4n) is 0.917. The van der Waals surface area contributed by atoms with Crippen LogP contribution in [0.25, 0.3) is 0 Å². The van der Waals surface area contributed by atoms with E-state index >= 15 is 0 Å². The largest absolute Gasteiger partial charge is 0.493 e. The summed E-state index contributed by atoms with van der Waals surface area (Å²) in [4.78, 5) is 11.4. The zero-order valence-electron chi connectivity index (χ0n) is 13.4. The average molecular weight is 202 g/mol. The summed E-state index contributed by atoms with van der Waals surface area (Å²) in [6.07, 6.45) is 0. The Hall–Kier alpha value is -1.71. The van der Waals surface area contributed by atoms with Crippen LogP contribution in [0.3, 0.4) is 0 Å². The maximum absolute atomic E-state index is 11.4. The summed E-state index contributed by atoms with van der Waals surface area (Å²) in [6, 6.07) is 3.40. The van der Waals surface area contributed by atoms with E-state index in [0.717, 1.165) is 19.2 Å². The summed E-state index contributed by atoms with van der Waals surface area (Å²) in [5.74, 6) is -1.42. The van der Waals surface area contributed by atoms with E-state index in [2.05, 4.69) is 14.2 Å². The third kappa shape index (κ3) is 1.96. The second-order valence-corrected chi connectivity index (χ2v) is 2.36. The third-order valence-electron chi connectivity index (χ3n) is 1.58. The summed E-state index contributed by atoms with van der Waals surface area (Å²) >= 11 is 0. The van der Waals surface area contributed by atoms with Gasteiger partial charge in [-0.25, -0.2) is 4.79 Å². The van der Waals surface area contributed by atoms with Gasteiger partial charge >= 0.3 is 5.97 Å². The smallest absolute Gasteiger partial charge is 0.337 e. The molecule has 0 spiro atoms. The predicted octanol–water partition coefficient (Wildman–Crippen LogP) is 1.49. The van der Waals surface area contributed by atoms with Gasteiger partial charge in [-0.15, -0.1) is 0 Å². The molecule has 0 amide bonds. The van der Waals surface area contributed by atoms with E-state index < -0.39 is 20.0 Å². The third-order valence-corrected chi connectivity index (χ3v) is 1.58. The van der Waals surface area contributed by atoms with E-state index in [4.69, 9.17) is 8.22 Å². The van der Waals surface area contributed by atoms with Crippen molar-refractivity contribution in [2.75, 3.05) is 21.2 Å². The van der Waals surface area contributed by atoms with E-state index in [1.807, 2.05) is 0 Å². The van der Waals surface area contributed by atoms with Gasteiger partial charge in [0.15, 0.2) is 11.5 Å². The number of carbonyl (C=O) groups is 1. The Morgan fingerprint density at radius 2 is 2.00 bits per heavy atom. The number of ether oxygens (including phenoxy) is 3. The molecule has 0 aromatic heterocycles. The maximum Gasteiger partial charge on any atom is 0.337 e. The Balaban J connectivity index is 3.19. The topological polar surface area (TPSA) is 44.8 Å². The molecule has 0 saturated carbocycles. The lowest BCUT2D eigenvalue weighted by Gasteiger charge is -2.08. The highest BCUT2D eigenvalue weighted by Crippen LogP contribution is 2.27. The maximum atomic E-state index is 11.4. The predicted molar refractivity (Wildman–Crippen MR) is 50.9 cm³/mol. The molecule has 0 saturated heterocycles. The first-order valence-corrected chi connectivity index (χ1v) is 3.62. The van der Waals surface area contributed by atoms with Crippen LogP contribution in [0.15, 0.2) is 18.2 Å². The molecule has 0 heterocycles. The molecule has 0 unspecified atom stereocenters. The minimum Gasteiger partial charge on any atom is -0.493 e. The van der Waals surface area contributed by atoms with Gasteiger partial charge in [0.2, 0.25) is 0 Å². The Kier molecular flexibility index (Phi) is 1.51. The van der Waals surface area contributed by atoms with Crippen LogP contribution in [0.2, 0.25) is 0 Å². The van der Waals surface area contributed by atoms with Gasteiger partial charge in [-0.3, -0.25) is 0 Å². The van der Waals surface area contributed by atoms with Gasteiger partial charge in [-0.1, -0.05) is 0 Å². The van der Waals surface area contributed by atoms with Crippen LogP contribution >= 0.6 is 0 Å². The molecule has 0 bridgehead atoms. The lowest BCUT2D eigenvalue weighted by molar-refractivity contribution is 0.0600. The summed E-state index contributed by atoms with van der Waals surface area (Å²) in [5, 5.41) is 0. The Bertz CT molecular complexity index is 494. The Labute approximate surface area is 90.8 Å². The normalized spacial score (nSPS) is 17.5. The number of carbonyl (C=O) groups excluding carboxylic acids is 1. The van der Waals surface area contributed by atoms with E-state index in [1.165, 1.54) is 6.07 Å². The summed E-state index contributed by atoms with van der Waals surface area (Å²) in [6.45, 7) is 0. The van der Waals surface area contributed by atoms with Gasteiger partial charge in [-0.05, 0) is 18.2 Å². The zero-order valence-corrected chi connectivity index (χ0v) is 7.37. The van der Waals surface area contributed by atoms with Crippen molar-refractivity contribution in [1.82, 2.24) is 0 Å². The van der Waals surface area contributed by atoms with Crippen molar-refractivity contribution in [3.63, 3.8) is 0 Å². The van der Waals surface area contributed by atoms with Gasteiger partial charge in [0.1, 0.15) is 0 Å². The van der Waals surface area contributed by atoms with Crippen molar-refractivity contribution in [3.05, 3.63) is 23.8 Å². The Morgan fingerprint density at radius 3 is 2.64 bits per heavy atom. The van der Waals surface area contributed by atoms with Crippen molar-refractivity contribution in [2.45, 2.75) is 0 Å². The van der Waals surface area contributed by atoms with Crippen molar-refractivity contribution < 1.29 is 27.2 Å². The van der Waals surface area contributed by atoms with E-state index in [1.54, 1.807) is 0 Å². The average Bonchev–Trinajstić information content (AvgIpc) is 2.26. The molecular weight excluding hydrogens is 184 g/mol. The van der Waals surface area contributed by atoms with E-state index in [9.17, 15) is 4.79 Å². The number of rotatable bonds is 3. The molecule has 1 aromatic rings. The van der Waals surface area contributed by atoms with Crippen molar-refractivity contribution in [1.29, 1.82) is 0 Å². The molecule has 14 heavy (non-hydrogen) atoms. The number of methoxy groups -OCH3 is 3. The van der Waals surface area contributed by atoms with Crippen LogP contribution in [-0.4, -0.2) is 27.2 Å². The monoisotopic (exact) mass is 202 g/mol. The summed E-state index contributed by atoms with van der Waals surface area (Å²) in [5.41, 5.74) is 0.00430. The van der Waals surface area contributed by atoms with Crippen LogP contribution < -0.4 is 9.47 Å². The fraction of sp³-hybridized carbons (Fsp3) is 0.300. The molecule has 76 valence electrons. The standard InChI is InChI=1S/C10H12O4/c1-12-8-5-4-7(10(11)14-3)6-9(8)13-2/h4-6H,1-3H3/i1D3,2D3. The minimum atomic E-state index is -2.82. The van der Waals surface area contributed by atoms with Crippen LogP contribution in [0.4, 0.5) is 0 Å². The van der Waals surface area contributed by atoms with Crippen LogP contribution in [0.1, 0.15) is 18.6 Å². The first-order chi connectivity index (χ1) is 9.02. The summed E-state index contributed by atoms with van der Waals surface area (Å²) < 4.78 is 55.8. The van der Waals surface area contributed by atoms with Gasteiger partial charge in [-0.2, -0.15) is 0 Å². The highest BCUT2D eigenvalue weighted by molar-refractivity contribution is 5.90. The number of esters is 1. The first kappa shape index (κ1) is 4.68. The molecule has 0 atom stereocenters. The number of hydrogen-bond donors (Lipinski definition) is 0. The molecule has 4 nitrogen and oxygen atoms in total. The second-order valence-electron chi connectivity index (χ2n) is 2.36. The van der Waals surface area contributed by atoms with E-state index in [0.29, 0.717) is 0 Å². The van der Waals surface area contributed by atoms with Gasteiger partial charge < -0.3 is 14.2 Å². The molecule has 4 heteroatoms. The van der Waals surface area contributed by atoms with Crippen molar-refractivity contribution in [2.24, 2.45) is 0 Å². The molecule has 0 radical (unpaired) electrons. The highest BCUT2D eigenvalue weighted by atomic mass is 16.5. The van der Waals surface area contributed by atoms with Crippen LogP contribution in [0.5, 0.6) is 11.5 Å². The lowest BCUT2D eigenvalue weighted by atomic mass is 10.2. The SMILES string of the molecule is [2H]C([2H])([2H])Oc1ccc(C(=O)OC)cc1OC([2H])([2H])[2H]. The van der Waals surface area contributed by atoms with Crippen molar-refractivity contribution >= 4 is 5.97 Å². The molecular formula is C10H12O4. The van der Waals surface area contributed by atoms with Gasteiger partial charge in [0, 0.05) is 0 Å². The summed E-state index contributed by atoms with van der Waals surface area (Å²) in [7, 11) is -4.44. The Morgan fingerprint density at radius 1 is 1.29 bits per heavy atom. The lowest BCUT2D eigenvalue weighted by Crippen LogP contribution is -2.02. The molecule has 1 aromatic carbocycles. The second kappa shape index (κ2) is 4.50.